The third-order valence-corrected chi connectivity index (χ3v) is 7.40. The summed E-state index contributed by atoms with van der Waals surface area (Å²) < 4.78 is 11.2. The number of carbonyl (C=O) groups is 2. The fourth-order valence-electron chi connectivity index (χ4n) is 5.60. The summed E-state index contributed by atoms with van der Waals surface area (Å²) in [6.07, 6.45) is 1.73. The summed E-state index contributed by atoms with van der Waals surface area (Å²) in [6, 6.07) is 16.4. The third-order valence-electron chi connectivity index (χ3n) is 7.40. The molecule has 2 aromatic rings. The minimum absolute atomic E-state index is 0.00162. The Hall–Kier alpha value is -2.86. The first kappa shape index (κ1) is 20.1. The Balaban J connectivity index is 1.29. The van der Waals surface area contributed by atoms with Gasteiger partial charge in [0.15, 0.2) is 0 Å². The van der Waals surface area contributed by atoms with Crippen molar-refractivity contribution in [3.63, 3.8) is 0 Å². The zero-order valence-electron chi connectivity index (χ0n) is 17.5. The van der Waals surface area contributed by atoms with E-state index in [0.29, 0.717) is 26.2 Å². The second-order valence-corrected chi connectivity index (χ2v) is 8.87. The zero-order chi connectivity index (χ0) is 21.4. The fraction of sp³-hybridized carbons (Fsp3) is 0.440. The molecule has 2 heterocycles. The van der Waals surface area contributed by atoms with Crippen LogP contribution >= 0.6 is 0 Å². The highest BCUT2D eigenvalue weighted by Gasteiger charge is 2.48. The second-order valence-electron chi connectivity index (χ2n) is 8.87. The van der Waals surface area contributed by atoms with E-state index in [9.17, 15) is 14.7 Å². The standard InChI is InChI=1S/C25H27NO5/c27-23(28)22-15-26(12-9-25(22)10-13-30-14-11-25)24(29)31-16-21-19-7-3-1-5-17(19)18-6-2-4-8-20(18)21/h1-8,21-22H,9-16H2,(H,27,28). The molecule has 1 aliphatic carbocycles. The van der Waals surface area contributed by atoms with Crippen LogP contribution < -0.4 is 0 Å². The summed E-state index contributed by atoms with van der Waals surface area (Å²) in [4.78, 5) is 26.5. The Kier molecular flexibility index (Phi) is 5.18. The van der Waals surface area contributed by atoms with Crippen LogP contribution in [0.25, 0.3) is 11.1 Å². The van der Waals surface area contributed by atoms with Gasteiger partial charge in [-0.2, -0.15) is 0 Å². The predicted molar refractivity (Wildman–Crippen MR) is 115 cm³/mol. The predicted octanol–water partition coefficient (Wildman–Crippen LogP) is 4.14. The number of carboxylic acids is 1. The summed E-state index contributed by atoms with van der Waals surface area (Å²) in [5, 5.41) is 9.86. The van der Waals surface area contributed by atoms with Crippen molar-refractivity contribution in [1.29, 1.82) is 0 Å². The minimum Gasteiger partial charge on any atom is -0.481 e. The maximum absolute atomic E-state index is 12.9. The lowest BCUT2D eigenvalue weighted by Crippen LogP contribution is -2.54. The lowest BCUT2D eigenvalue weighted by Gasteiger charge is -2.47. The number of ether oxygens (including phenoxy) is 2. The van der Waals surface area contributed by atoms with Crippen LogP contribution in [0, 0.1) is 11.3 Å². The quantitative estimate of drug-likeness (QED) is 0.806. The van der Waals surface area contributed by atoms with Gasteiger partial charge in [0.1, 0.15) is 6.61 Å². The Morgan fingerprint density at radius 1 is 1.00 bits per heavy atom. The lowest BCUT2D eigenvalue weighted by atomic mass is 9.65. The molecule has 2 aliphatic heterocycles. The van der Waals surface area contributed by atoms with Gasteiger partial charge < -0.3 is 19.5 Å². The van der Waals surface area contributed by atoms with Crippen molar-refractivity contribution in [3.8, 4) is 11.1 Å². The van der Waals surface area contributed by atoms with Gasteiger partial charge in [-0.15, -0.1) is 0 Å². The van der Waals surface area contributed by atoms with Crippen molar-refractivity contribution >= 4 is 12.1 Å². The van der Waals surface area contributed by atoms with Crippen molar-refractivity contribution in [2.45, 2.75) is 25.2 Å². The first-order chi connectivity index (χ1) is 15.1. The van der Waals surface area contributed by atoms with Gasteiger partial charge in [0.05, 0.1) is 5.92 Å². The molecule has 2 saturated heterocycles. The molecule has 1 N–H and O–H groups in total. The van der Waals surface area contributed by atoms with Crippen LogP contribution in [0.1, 0.15) is 36.3 Å². The molecule has 3 aliphatic rings. The molecule has 0 bridgehead atoms. The minimum atomic E-state index is -0.835. The van der Waals surface area contributed by atoms with Crippen LogP contribution in [0.4, 0.5) is 4.79 Å². The van der Waals surface area contributed by atoms with E-state index in [0.717, 1.165) is 12.8 Å². The molecule has 5 rings (SSSR count). The Morgan fingerprint density at radius 2 is 1.61 bits per heavy atom. The van der Waals surface area contributed by atoms with Crippen LogP contribution in [-0.4, -0.2) is 55.0 Å². The summed E-state index contributed by atoms with van der Waals surface area (Å²) in [5.41, 5.74) is 4.43. The van der Waals surface area contributed by atoms with Crippen LogP contribution in [0.2, 0.25) is 0 Å². The number of benzene rings is 2. The number of hydrogen-bond donors (Lipinski definition) is 1. The first-order valence-electron chi connectivity index (χ1n) is 11.0. The molecule has 31 heavy (non-hydrogen) atoms. The first-order valence-corrected chi connectivity index (χ1v) is 11.0. The largest absolute Gasteiger partial charge is 0.481 e. The Labute approximate surface area is 181 Å². The van der Waals surface area contributed by atoms with Gasteiger partial charge in [0, 0.05) is 32.2 Å². The number of piperidine rings is 1. The summed E-state index contributed by atoms with van der Waals surface area (Å²) >= 11 is 0. The number of hydrogen-bond acceptors (Lipinski definition) is 4. The van der Waals surface area contributed by atoms with Crippen LogP contribution in [0.3, 0.4) is 0 Å². The zero-order valence-corrected chi connectivity index (χ0v) is 17.5. The second kappa shape index (κ2) is 8.00. The number of amides is 1. The van der Waals surface area contributed by atoms with Crippen molar-refractivity contribution in [2.24, 2.45) is 11.3 Å². The molecule has 1 amide bonds. The smallest absolute Gasteiger partial charge is 0.409 e. The van der Waals surface area contributed by atoms with E-state index in [1.807, 2.05) is 24.3 Å². The lowest BCUT2D eigenvalue weighted by molar-refractivity contribution is -0.154. The van der Waals surface area contributed by atoms with E-state index in [1.54, 1.807) is 4.90 Å². The van der Waals surface area contributed by atoms with E-state index < -0.39 is 18.0 Å². The van der Waals surface area contributed by atoms with E-state index in [4.69, 9.17) is 9.47 Å². The number of fused-ring (bicyclic) bond motifs is 3. The van der Waals surface area contributed by atoms with E-state index in [-0.39, 0.29) is 24.5 Å². The monoisotopic (exact) mass is 421 g/mol. The van der Waals surface area contributed by atoms with Gasteiger partial charge in [-0.05, 0) is 46.9 Å². The fourth-order valence-corrected chi connectivity index (χ4v) is 5.60. The van der Waals surface area contributed by atoms with Crippen LogP contribution in [-0.2, 0) is 14.3 Å². The molecule has 1 unspecified atom stereocenters. The molecule has 1 spiro atoms. The van der Waals surface area contributed by atoms with Crippen molar-refractivity contribution < 1.29 is 24.2 Å². The van der Waals surface area contributed by atoms with Crippen LogP contribution in [0.15, 0.2) is 48.5 Å². The molecule has 0 aromatic heterocycles. The van der Waals surface area contributed by atoms with Crippen molar-refractivity contribution in [3.05, 3.63) is 59.7 Å². The summed E-state index contributed by atoms with van der Waals surface area (Å²) in [5.74, 6) is -1.41. The molecule has 0 radical (unpaired) electrons. The van der Waals surface area contributed by atoms with Gasteiger partial charge in [-0.25, -0.2) is 4.79 Å². The topological polar surface area (TPSA) is 76.1 Å². The normalized spacial score (nSPS) is 22.1. The Bertz CT molecular complexity index is 951. The highest BCUT2D eigenvalue weighted by Crippen LogP contribution is 2.46. The molecule has 2 fully saturated rings. The molecule has 162 valence electrons. The molecular weight excluding hydrogens is 394 g/mol. The number of nitrogens with zero attached hydrogens (tertiary/aromatic N) is 1. The summed E-state index contributed by atoms with van der Waals surface area (Å²) in [6.45, 7) is 2.16. The third kappa shape index (κ3) is 3.49. The van der Waals surface area contributed by atoms with Crippen molar-refractivity contribution in [2.75, 3.05) is 32.9 Å². The number of aliphatic carboxylic acids is 1. The van der Waals surface area contributed by atoms with E-state index in [2.05, 4.69) is 24.3 Å². The molecular formula is C25H27NO5. The molecule has 0 saturated carbocycles. The molecule has 2 aromatic carbocycles. The van der Waals surface area contributed by atoms with Crippen molar-refractivity contribution in [1.82, 2.24) is 4.90 Å². The maximum Gasteiger partial charge on any atom is 0.409 e. The van der Waals surface area contributed by atoms with Gasteiger partial charge in [-0.1, -0.05) is 48.5 Å². The average Bonchev–Trinajstić information content (AvgIpc) is 3.12. The van der Waals surface area contributed by atoms with E-state index >= 15 is 0 Å². The Morgan fingerprint density at radius 3 is 2.23 bits per heavy atom. The number of carboxylic acid groups (broad SMARTS) is 1. The highest BCUT2D eigenvalue weighted by atomic mass is 16.6. The number of carbonyl (C=O) groups excluding carboxylic acids is 1. The SMILES string of the molecule is O=C(O)C1CN(C(=O)OCC2c3ccccc3-c3ccccc32)CCC12CCOCC2. The number of rotatable bonds is 3. The average molecular weight is 421 g/mol. The van der Waals surface area contributed by atoms with Crippen LogP contribution in [0.5, 0.6) is 0 Å². The molecule has 6 nitrogen and oxygen atoms in total. The number of likely N-dealkylation sites (tertiary alicyclic amines) is 1. The van der Waals surface area contributed by atoms with E-state index in [1.165, 1.54) is 22.3 Å². The van der Waals surface area contributed by atoms with Gasteiger partial charge in [0.25, 0.3) is 0 Å². The van der Waals surface area contributed by atoms with Gasteiger partial charge in [-0.3, -0.25) is 4.79 Å². The highest BCUT2D eigenvalue weighted by molar-refractivity contribution is 5.79. The molecule has 1 atom stereocenters. The molecule has 6 heteroatoms. The van der Waals surface area contributed by atoms with Gasteiger partial charge >= 0.3 is 12.1 Å². The van der Waals surface area contributed by atoms with Gasteiger partial charge in [0.2, 0.25) is 0 Å². The maximum atomic E-state index is 12.9. The summed E-state index contributed by atoms with van der Waals surface area (Å²) in [7, 11) is 0.